The number of H-pyrrole nitrogens is 1. The molecule has 3 aliphatic rings. The molecule has 0 bridgehead atoms. The van der Waals surface area contributed by atoms with Crippen molar-refractivity contribution in [2.75, 3.05) is 38.6 Å². The molecule has 3 amide bonds. The summed E-state index contributed by atoms with van der Waals surface area (Å²) < 4.78 is 24.0. The van der Waals surface area contributed by atoms with Gasteiger partial charge >= 0.3 is 0 Å². The van der Waals surface area contributed by atoms with E-state index in [0.29, 0.717) is 79.0 Å². The van der Waals surface area contributed by atoms with Crippen LogP contribution >= 0.6 is 0 Å². The van der Waals surface area contributed by atoms with Gasteiger partial charge in [0, 0.05) is 61.0 Å². The molecule has 1 saturated heterocycles. The Bertz CT molecular complexity index is 2170. The number of nitrogens with one attached hydrogen (secondary N) is 2. The van der Waals surface area contributed by atoms with E-state index in [1.807, 2.05) is 60.7 Å². The molecule has 1 atom stereocenters. The normalized spacial score (nSPS) is 17.7. The molecule has 11 nitrogen and oxygen atoms in total. The van der Waals surface area contributed by atoms with Crippen LogP contribution in [0.25, 0.3) is 27.6 Å². The summed E-state index contributed by atoms with van der Waals surface area (Å²) in [4.78, 5) is 46.8. The second-order valence-electron chi connectivity index (χ2n) is 13.4. The number of likely N-dealkylation sites (tertiary alicyclic amines) is 1. The fourth-order valence-electron chi connectivity index (χ4n) is 7.88. The molecule has 0 radical (unpaired) electrons. The van der Waals surface area contributed by atoms with Gasteiger partial charge in [-0.1, -0.05) is 47.7 Å². The second-order valence-corrected chi connectivity index (χ2v) is 13.4. The van der Waals surface area contributed by atoms with Crippen molar-refractivity contribution in [3.05, 3.63) is 102 Å². The molecule has 1 fully saturated rings. The largest absolute Gasteiger partial charge is 0.496 e. The maximum atomic E-state index is 16.7. The lowest BCUT2D eigenvalue weighted by Gasteiger charge is -2.34. The number of nitrogens with zero attached hydrogens (tertiary/aromatic N) is 5. The van der Waals surface area contributed by atoms with Gasteiger partial charge in [0.05, 0.1) is 31.3 Å². The van der Waals surface area contributed by atoms with Crippen molar-refractivity contribution in [3.8, 4) is 16.9 Å². The van der Waals surface area contributed by atoms with Crippen molar-refractivity contribution >= 4 is 39.9 Å². The van der Waals surface area contributed by atoms with Crippen LogP contribution in [-0.2, 0) is 16.1 Å². The summed E-state index contributed by atoms with van der Waals surface area (Å²) in [6.45, 7) is 2.19. The van der Waals surface area contributed by atoms with E-state index in [4.69, 9.17) is 4.74 Å². The fourth-order valence-corrected chi connectivity index (χ4v) is 7.88. The zero-order valence-corrected chi connectivity index (χ0v) is 28.3. The van der Waals surface area contributed by atoms with Crippen molar-refractivity contribution in [1.29, 1.82) is 0 Å². The van der Waals surface area contributed by atoms with Gasteiger partial charge in [-0.15, -0.1) is 5.10 Å². The predicted octanol–water partition coefficient (Wildman–Crippen LogP) is 5.87. The van der Waals surface area contributed by atoms with Crippen molar-refractivity contribution < 1.29 is 23.5 Å². The Kier molecular flexibility index (Phi) is 8.58. The maximum Gasteiger partial charge on any atom is 0.270 e. The van der Waals surface area contributed by atoms with Gasteiger partial charge in [-0.3, -0.25) is 19.1 Å². The number of carbonyl (C=O) groups excluding carboxylic acids is 3. The van der Waals surface area contributed by atoms with E-state index in [1.165, 1.54) is 0 Å². The van der Waals surface area contributed by atoms with Crippen molar-refractivity contribution in [2.45, 2.75) is 38.1 Å². The standard InChI is InChI=1S/C39H38FN7O4/c1-51-33-11-5-3-8-26(33)29-21-28(25-7-6-16-46(23-25)34(48)14-19-47-20-15-41-44-47)36(40)37-30(29)22-32(42-37)39(50)45-17-12-24(13-18-45)35-27-9-2-4-10-31(27)43-38(35)49/h2-5,7-11,15,20-22,24,35,42H,6,12-14,16-19,23H2,1H3,(H,43,49). The number of amides is 3. The molecule has 3 aliphatic heterocycles. The number of para-hydroxylation sites is 2. The lowest BCUT2D eigenvalue weighted by Crippen LogP contribution is -2.40. The SMILES string of the molecule is COc1ccccc1-c1cc(C2=CCCN(C(=O)CCn3ccnn3)C2)c(F)c2[nH]c(C(=O)N3CCC(C4C(=O)Nc5ccccc54)CC3)cc12. The fraction of sp³-hybridized carbons (Fsp3) is 0.308. The summed E-state index contributed by atoms with van der Waals surface area (Å²) in [5.41, 5.74) is 4.95. The van der Waals surface area contributed by atoms with E-state index >= 15 is 4.39 Å². The van der Waals surface area contributed by atoms with E-state index in [2.05, 4.69) is 20.6 Å². The number of ether oxygens (including phenoxy) is 1. The number of hydrogen-bond acceptors (Lipinski definition) is 6. The number of fused-ring (bicyclic) bond motifs is 2. The van der Waals surface area contributed by atoms with E-state index < -0.39 is 5.82 Å². The number of halogens is 1. The molecule has 5 aromatic rings. The topological polar surface area (TPSA) is 125 Å². The molecule has 0 aliphatic carbocycles. The zero-order chi connectivity index (χ0) is 35.1. The summed E-state index contributed by atoms with van der Waals surface area (Å²) in [6.07, 6.45) is 7.49. The molecule has 3 aromatic carbocycles. The maximum absolute atomic E-state index is 16.7. The minimum atomic E-state index is -0.476. The molecule has 0 saturated carbocycles. The van der Waals surface area contributed by atoms with Crippen molar-refractivity contribution in [3.63, 3.8) is 0 Å². The number of aryl methyl sites for hydroxylation is 1. The van der Waals surface area contributed by atoms with E-state index in [0.717, 1.165) is 16.8 Å². The number of anilines is 1. The van der Waals surface area contributed by atoms with Crippen LogP contribution in [0, 0.1) is 11.7 Å². The van der Waals surface area contributed by atoms with Gasteiger partial charge in [0.15, 0.2) is 5.82 Å². The molecule has 0 spiro atoms. The monoisotopic (exact) mass is 687 g/mol. The number of rotatable bonds is 8. The van der Waals surface area contributed by atoms with E-state index in [1.54, 1.807) is 40.1 Å². The number of benzene rings is 3. The van der Waals surface area contributed by atoms with Crippen LogP contribution in [0.1, 0.15) is 53.2 Å². The average molecular weight is 688 g/mol. The number of hydrogen-bond donors (Lipinski definition) is 2. The molecule has 1 unspecified atom stereocenters. The first-order valence-corrected chi connectivity index (χ1v) is 17.4. The zero-order valence-electron chi connectivity index (χ0n) is 28.3. The Balaban J connectivity index is 1.08. The van der Waals surface area contributed by atoms with Crippen LogP contribution in [0.3, 0.4) is 0 Å². The van der Waals surface area contributed by atoms with Gasteiger partial charge in [-0.2, -0.15) is 0 Å². The third kappa shape index (κ3) is 6.04. The second kappa shape index (κ2) is 13.5. The molecule has 8 rings (SSSR count). The third-order valence-corrected chi connectivity index (χ3v) is 10.5. The summed E-state index contributed by atoms with van der Waals surface area (Å²) in [6, 6.07) is 18.9. The van der Waals surface area contributed by atoms with Crippen LogP contribution in [-0.4, -0.2) is 80.8 Å². The highest BCUT2D eigenvalue weighted by Crippen LogP contribution is 2.43. The van der Waals surface area contributed by atoms with Crippen LogP contribution in [0.4, 0.5) is 10.1 Å². The highest BCUT2D eigenvalue weighted by molar-refractivity contribution is 6.06. The lowest BCUT2D eigenvalue weighted by atomic mass is 9.80. The number of aromatic amines is 1. The molecule has 5 heterocycles. The highest BCUT2D eigenvalue weighted by atomic mass is 19.1. The smallest absolute Gasteiger partial charge is 0.270 e. The van der Waals surface area contributed by atoms with Crippen molar-refractivity contribution in [2.24, 2.45) is 5.92 Å². The van der Waals surface area contributed by atoms with Crippen molar-refractivity contribution in [1.82, 2.24) is 29.8 Å². The summed E-state index contributed by atoms with van der Waals surface area (Å²) >= 11 is 0. The number of aromatic nitrogens is 4. The Morgan fingerprint density at radius 3 is 2.59 bits per heavy atom. The first kappa shape index (κ1) is 32.4. The van der Waals surface area contributed by atoms with Crippen LogP contribution in [0.5, 0.6) is 5.75 Å². The van der Waals surface area contributed by atoms with Gasteiger partial charge in [-0.05, 0) is 66.1 Å². The Morgan fingerprint density at radius 2 is 1.78 bits per heavy atom. The third-order valence-electron chi connectivity index (χ3n) is 10.5. The average Bonchev–Trinajstić information content (AvgIpc) is 3.93. The quantitative estimate of drug-likeness (QED) is 0.210. The Labute approximate surface area is 294 Å². The predicted molar refractivity (Wildman–Crippen MR) is 190 cm³/mol. The molecular formula is C39H38FN7O4. The minimum absolute atomic E-state index is 0.0130. The molecule has 2 N–H and O–H groups in total. The Hall–Kier alpha value is -5.78. The number of methoxy groups -OCH3 is 1. The van der Waals surface area contributed by atoms with Crippen LogP contribution in [0.15, 0.2) is 79.1 Å². The van der Waals surface area contributed by atoms with Gasteiger partial charge in [-0.25, -0.2) is 4.39 Å². The van der Waals surface area contributed by atoms with E-state index in [-0.39, 0.29) is 48.0 Å². The molecule has 12 heteroatoms. The van der Waals surface area contributed by atoms with E-state index in [9.17, 15) is 14.4 Å². The molecule has 2 aromatic heterocycles. The van der Waals surface area contributed by atoms with Gasteiger partial charge in [0.25, 0.3) is 5.91 Å². The first-order chi connectivity index (χ1) is 24.9. The lowest BCUT2D eigenvalue weighted by molar-refractivity contribution is -0.131. The Morgan fingerprint density at radius 1 is 0.980 bits per heavy atom. The highest BCUT2D eigenvalue weighted by Gasteiger charge is 2.39. The van der Waals surface area contributed by atoms with Gasteiger partial charge < -0.3 is 24.8 Å². The minimum Gasteiger partial charge on any atom is -0.496 e. The first-order valence-electron chi connectivity index (χ1n) is 17.4. The summed E-state index contributed by atoms with van der Waals surface area (Å²) in [5, 5.41) is 11.3. The molecular weight excluding hydrogens is 649 g/mol. The summed E-state index contributed by atoms with van der Waals surface area (Å²) in [5.74, 6) is -0.209. The van der Waals surface area contributed by atoms with Gasteiger partial charge in [0.2, 0.25) is 11.8 Å². The van der Waals surface area contributed by atoms with Crippen LogP contribution < -0.4 is 10.1 Å². The van der Waals surface area contributed by atoms with Gasteiger partial charge in [0.1, 0.15) is 11.4 Å². The van der Waals surface area contributed by atoms with Crippen LogP contribution in [0.2, 0.25) is 0 Å². The number of carbonyl (C=O) groups is 3. The molecule has 51 heavy (non-hydrogen) atoms. The summed E-state index contributed by atoms with van der Waals surface area (Å²) in [7, 11) is 1.59. The number of piperidine rings is 1. The molecule has 260 valence electrons.